The van der Waals surface area contributed by atoms with Crippen LogP contribution in [0.4, 0.5) is 0 Å². The number of carbonyl (C=O) groups is 4. The zero-order valence-electron chi connectivity index (χ0n) is 24.2. The number of phenolic OH excluding ortho intramolecular Hbond substituents is 2. The molecule has 44 heavy (non-hydrogen) atoms. The molecule has 1 heterocycles. The van der Waals surface area contributed by atoms with Crippen LogP contribution in [0.2, 0.25) is 0 Å². The third-order valence-corrected chi connectivity index (χ3v) is 8.50. The number of fused-ring (bicyclic) bond motifs is 3. The highest BCUT2D eigenvalue weighted by molar-refractivity contribution is 6.31. The number of aromatic hydroxyl groups is 2. The predicted octanol–water partition coefficient (Wildman–Crippen LogP) is -0.494. The number of rotatable bonds is 7. The molecule has 2 aromatic carbocycles. The number of ether oxygens (including phenoxy) is 3. The summed E-state index contributed by atoms with van der Waals surface area (Å²) < 4.78 is 17.2. The second-order valence-corrected chi connectivity index (χ2v) is 11.4. The average Bonchev–Trinajstić information content (AvgIpc) is 2.98. The fourth-order valence-electron chi connectivity index (χ4n) is 6.17. The van der Waals surface area contributed by atoms with Crippen molar-refractivity contribution in [2.24, 2.45) is 5.73 Å². The van der Waals surface area contributed by atoms with Crippen molar-refractivity contribution in [3.63, 3.8) is 0 Å². The minimum Gasteiger partial charge on any atom is -0.507 e. The number of nitrogens with two attached hydrogens (primary N) is 1. The molecule has 14 heteroatoms. The molecule has 0 aromatic heterocycles. The van der Waals surface area contributed by atoms with Crippen LogP contribution in [-0.2, 0) is 25.5 Å². The number of carbonyl (C=O) groups excluding carboxylic acids is 4. The summed E-state index contributed by atoms with van der Waals surface area (Å²) >= 11 is 0. The van der Waals surface area contributed by atoms with Gasteiger partial charge in [-0.2, -0.15) is 0 Å². The van der Waals surface area contributed by atoms with Crippen LogP contribution >= 0.6 is 0 Å². The van der Waals surface area contributed by atoms with Gasteiger partial charge in [-0.3, -0.25) is 19.2 Å². The summed E-state index contributed by atoms with van der Waals surface area (Å²) in [5.41, 5.74) is 1.71. The molecule has 5 rings (SSSR count). The van der Waals surface area contributed by atoms with Gasteiger partial charge in [-0.25, -0.2) is 0 Å². The standard InChI is InChI=1S/C30H34N2O12/c1-11(31)29(40)32-15-7-19(43-12(2)24(15)35)44-17-9-30(41,18(34)10-33)8-14-21(17)28(39)23-22(26(14)37)25(36)13-5-4-6-16(42-3)20(13)27(23)38/h4-6,11-12,15,17,19,24,33,35,37,39,41H,7-10,31H2,1-3H3,(H,32,40)/t11-,12?,15?,17+,19?,24?,30+/m1/s1. The first kappa shape index (κ1) is 31.5. The first-order chi connectivity index (χ1) is 20.7. The van der Waals surface area contributed by atoms with Gasteiger partial charge in [-0.1, -0.05) is 12.1 Å². The second kappa shape index (κ2) is 11.5. The number of ketones is 3. The molecule has 4 unspecified atom stereocenters. The Morgan fingerprint density at radius 2 is 1.84 bits per heavy atom. The van der Waals surface area contributed by atoms with Gasteiger partial charge < -0.3 is 50.8 Å². The van der Waals surface area contributed by atoms with Crippen LogP contribution < -0.4 is 15.8 Å². The number of aliphatic hydroxyl groups is 3. The largest absolute Gasteiger partial charge is 0.507 e. The van der Waals surface area contributed by atoms with Crippen molar-refractivity contribution in [3.05, 3.63) is 51.6 Å². The summed E-state index contributed by atoms with van der Waals surface area (Å²) in [5.74, 6) is -4.54. The molecule has 236 valence electrons. The van der Waals surface area contributed by atoms with Crippen molar-refractivity contribution in [1.82, 2.24) is 5.32 Å². The minimum absolute atomic E-state index is 0.0712. The molecule has 0 saturated carbocycles. The predicted molar refractivity (Wildman–Crippen MR) is 149 cm³/mol. The maximum absolute atomic E-state index is 13.8. The quantitative estimate of drug-likeness (QED) is 0.167. The van der Waals surface area contributed by atoms with Crippen molar-refractivity contribution in [3.8, 4) is 17.2 Å². The number of hydrogen-bond acceptors (Lipinski definition) is 13. The SMILES string of the molecule is COc1cccc2c1C(=O)c1c(O)c3c(c(O)c1C2=O)C[C@@](O)(C(=O)CO)C[C@@H]3OC1CC(NC(=O)[C@@H](C)N)C(O)C(C)O1. The average molecular weight is 615 g/mol. The molecule has 1 saturated heterocycles. The highest BCUT2D eigenvalue weighted by Gasteiger charge is 2.50. The summed E-state index contributed by atoms with van der Waals surface area (Å²) in [6, 6.07) is 2.56. The Morgan fingerprint density at radius 3 is 2.48 bits per heavy atom. The molecule has 14 nitrogen and oxygen atoms in total. The van der Waals surface area contributed by atoms with Gasteiger partial charge in [0.2, 0.25) is 11.7 Å². The number of methoxy groups -OCH3 is 1. The van der Waals surface area contributed by atoms with E-state index in [9.17, 15) is 44.7 Å². The van der Waals surface area contributed by atoms with E-state index in [-0.39, 0.29) is 34.4 Å². The molecule has 2 aliphatic carbocycles. The van der Waals surface area contributed by atoms with Crippen molar-refractivity contribution in [2.45, 2.75) is 75.4 Å². The van der Waals surface area contributed by atoms with Gasteiger partial charge in [-0.05, 0) is 19.9 Å². The first-order valence-corrected chi connectivity index (χ1v) is 14.0. The smallest absolute Gasteiger partial charge is 0.236 e. The van der Waals surface area contributed by atoms with Gasteiger partial charge in [0.05, 0.1) is 48.1 Å². The maximum Gasteiger partial charge on any atom is 0.236 e. The number of Topliss-reactive ketones (excluding diaryl/α,β-unsaturated/α-hetero) is 1. The van der Waals surface area contributed by atoms with Crippen LogP contribution in [0.3, 0.4) is 0 Å². The van der Waals surface area contributed by atoms with E-state index in [4.69, 9.17) is 19.9 Å². The number of phenols is 2. The van der Waals surface area contributed by atoms with Gasteiger partial charge in [0.25, 0.3) is 0 Å². The molecule has 7 atom stereocenters. The Bertz CT molecular complexity index is 1560. The second-order valence-electron chi connectivity index (χ2n) is 11.4. The molecule has 0 radical (unpaired) electrons. The number of benzene rings is 2. The normalized spacial score (nSPS) is 28.4. The highest BCUT2D eigenvalue weighted by atomic mass is 16.7. The van der Waals surface area contributed by atoms with E-state index < -0.39 is 108 Å². The topological polar surface area (TPSA) is 235 Å². The van der Waals surface area contributed by atoms with Crippen LogP contribution in [-0.4, -0.2) is 98.7 Å². The third kappa shape index (κ3) is 5.02. The lowest BCUT2D eigenvalue weighted by Crippen LogP contribution is -2.57. The maximum atomic E-state index is 13.8. The van der Waals surface area contributed by atoms with E-state index in [0.29, 0.717) is 0 Å². The molecule has 0 spiro atoms. The molecule has 8 N–H and O–H groups in total. The van der Waals surface area contributed by atoms with Gasteiger partial charge in [0, 0.05) is 36.0 Å². The van der Waals surface area contributed by atoms with E-state index >= 15 is 0 Å². The Morgan fingerprint density at radius 1 is 1.16 bits per heavy atom. The lowest BCUT2D eigenvalue weighted by molar-refractivity contribution is -0.249. The fraction of sp³-hybridized carbons (Fsp3) is 0.467. The van der Waals surface area contributed by atoms with Crippen molar-refractivity contribution < 1.29 is 58.9 Å². The molecule has 0 bridgehead atoms. The summed E-state index contributed by atoms with van der Waals surface area (Å²) in [6.45, 7) is 1.93. The van der Waals surface area contributed by atoms with Gasteiger partial charge in [0.1, 0.15) is 35.6 Å². The van der Waals surface area contributed by atoms with Gasteiger partial charge in [-0.15, -0.1) is 0 Å². The fourth-order valence-corrected chi connectivity index (χ4v) is 6.17. The van der Waals surface area contributed by atoms with Crippen LogP contribution in [0.25, 0.3) is 0 Å². The summed E-state index contributed by atoms with van der Waals surface area (Å²) in [5, 5.41) is 57.3. The summed E-state index contributed by atoms with van der Waals surface area (Å²) in [6.07, 6.45) is -5.94. The number of hydrogen-bond donors (Lipinski definition) is 7. The summed E-state index contributed by atoms with van der Waals surface area (Å²) in [4.78, 5) is 52.4. The molecule has 1 amide bonds. The molecule has 1 aliphatic heterocycles. The van der Waals surface area contributed by atoms with Crippen LogP contribution in [0.5, 0.6) is 17.2 Å². The van der Waals surface area contributed by atoms with Crippen LogP contribution in [0, 0.1) is 0 Å². The Kier molecular flexibility index (Phi) is 8.26. The molecule has 2 aromatic rings. The van der Waals surface area contributed by atoms with E-state index in [0.717, 1.165) is 0 Å². The van der Waals surface area contributed by atoms with Crippen LogP contribution in [0.1, 0.15) is 75.8 Å². The Hall–Kier alpha value is -3.92. The Balaban J connectivity index is 1.62. The number of amides is 1. The monoisotopic (exact) mass is 614 g/mol. The zero-order valence-corrected chi connectivity index (χ0v) is 24.2. The van der Waals surface area contributed by atoms with E-state index in [2.05, 4.69) is 5.32 Å². The lowest BCUT2D eigenvalue weighted by atomic mass is 9.72. The molecular weight excluding hydrogens is 580 g/mol. The van der Waals surface area contributed by atoms with Crippen molar-refractivity contribution in [2.75, 3.05) is 13.7 Å². The first-order valence-electron chi connectivity index (χ1n) is 14.0. The Labute approximate surface area is 251 Å². The van der Waals surface area contributed by atoms with Crippen molar-refractivity contribution >= 4 is 23.3 Å². The van der Waals surface area contributed by atoms with Crippen molar-refractivity contribution in [1.29, 1.82) is 0 Å². The van der Waals surface area contributed by atoms with Gasteiger partial charge >= 0.3 is 0 Å². The zero-order chi connectivity index (χ0) is 32.2. The minimum atomic E-state index is -2.31. The number of nitrogens with one attached hydrogen (secondary N) is 1. The third-order valence-electron chi connectivity index (χ3n) is 8.50. The molecular formula is C30H34N2O12. The van der Waals surface area contributed by atoms with E-state index in [1.54, 1.807) is 0 Å². The molecule has 1 fully saturated rings. The highest BCUT2D eigenvalue weighted by Crippen LogP contribution is 2.52. The van der Waals surface area contributed by atoms with Gasteiger partial charge in [0.15, 0.2) is 17.9 Å². The van der Waals surface area contributed by atoms with Crippen LogP contribution in [0.15, 0.2) is 18.2 Å². The van der Waals surface area contributed by atoms with E-state index in [1.165, 1.54) is 39.2 Å². The summed E-state index contributed by atoms with van der Waals surface area (Å²) in [7, 11) is 1.31. The van der Waals surface area contributed by atoms with E-state index in [1.807, 2.05) is 0 Å². The lowest BCUT2D eigenvalue weighted by Gasteiger charge is -2.43. The molecule has 3 aliphatic rings. The number of aliphatic hydroxyl groups excluding tert-OH is 2.